The van der Waals surface area contributed by atoms with Gasteiger partial charge in [0.2, 0.25) is 0 Å². The van der Waals surface area contributed by atoms with Crippen LogP contribution in [-0.2, 0) is 0 Å². The lowest BCUT2D eigenvalue weighted by Crippen LogP contribution is -2.56. The van der Waals surface area contributed by atoms with E-state index >= 15 is 0 Å². The van der Waals surface area contributed by atoms with Gasteiger partial charge in [0.1, 0.15) is 11.4 Å². The Kier molecular flexibility index (Phi) is 5.69. The van der Waals surface area contributed by atoms with Crippen molar-refractivity contribution in [2.75, 3.05) is 19.6 Å². The Hall–Kier alpha value is -1.88. The van der Waals surface area contributed by atoms with E-state index in [0.29, 0.717) is 5.02 Å². The van der Waals surface area contributed by atoms with E-state index in [-0.39, 0.29) is 17.5 Å². The highest BCUT2D eigenvalue weighted by atomic mass is 35.5. The first kappa shape index (κ1) is 20.4. The number of likely N-dealkylation sites (tertiary alicyclic amines) is 1. The van der Waals surface area contributed by atoms with E-state index in [2.05, 4.69) is 49.2 Å². The summed E-state index contributed by atoms with van der Waals surface area (Å²) in [5.41, 5.74) is 5.42. The first-order valence-electron chi connectivity index (χ1n) is 10.5. The van der Waals surface area contributed by atoms with Crippen LogP contribution in [0.25, 0.3) is 0 Å². The van der Waals surface area contributed by atoms with Gasteiger partial charge in [0.05, 0.1) is 0 Å². The molecule has 0 aliphatic carbocycles. The molecular formula is C24H30ClN3O. The molecule has 1 saturated heterocycles. The summed E-state index contributed by atoms with van der Waals surface area (Å²) in [7, 11) is 0. The molecule has 4 nitrogen and oxygen atoms in total. The monoisotopic (exact) mass is 411 g/mol. The number of aliphatic imine (C=N–C) groups is 1. The van der Waals surface area contributed by atoms with Gasteiger partial charge in [-0.3, -0.25) is 10.3 Å². The standard InChI is InChI=1S/C24H30ClN3O/c1-4-28-11-9-24(10-12-28)26-21(18-6-5-16(2)17(3)13-18)15-22(27-24)20-14-19(25)7-8-23(20)29/h5-8,13-14,22,27,29H,4,9-12,15H2,1-3H3/t22-/m1/s1. The Morgan fingerprint density at radius 2 is 1.90 bits per heavy atom. The molecule has 2 aromatic carbocycles. The molecule has 0 saturated carbocycles. The van der Waals surface area contributed by atoms with Crippen molar-refractivity contribution in [3.63, 3.8) is 0 Å². The van der Waals surface area contributed by atoms with E-state index < -0.39 is 0 Å². The number of hydrogen-bond acceptors (Lipinski definition) is 4. The molecule has 2 heterocycles. The average Bonchev–Trinajstić information content (AvgIpc) is 2.72. The van der Waals surface area contributed by atoms with Crippen LogP contribution in [0.4, 0.5) is 0 Å². The van der Waals surface area contributed by atoms with Crippen molar-refractivity contribution in [3.8, 4) is 5.75 Å². The van der Waals surface area contributed by atoms with E-state index in [1.54, 1.807) is 12.1 Å². The Balaban J connectivity index is 1.74. The second kappa shape index (κ2) is 8.10. The Bertz CT molecular complexity index is 932. The van der Waals surface area contributed by atoms with Crippen molar-refractivity contribution in [1.82, 2.24) is 10.2 Å². The second-order valence-electron chi connectivity index (χ2n) is 8.43. The number of benzene rings is 2. The molecule has 2 aliphatic rings. The molecule has 2 aliphatic heterocycles. The SMILES string of the molecule is CCN1CCC2(CC1)N=C(c1ccc(C)c(C)c1)C[C@H](c1cc(Cl)ccc1O)N2. The molecule has 0 aromatic heterocycles. The molecule has 5 heteroatoms. The van der Waals surface area contributed by atoms with Gasteiger partial charge >= 0.3 is 0 Å². The van der Waals surface area contributed by atoms with Gasteiger partial charge in [-0.2, -0.15) is 0 Å². The van der Waals surface area contributed by atoms with Crippen molar-refractivity contribution < 1.29 is 5.11 Å². The van der Waals surface area contributed by atoms with Gasteiger partial charge < -0.3 is 10.0 Å². The van der Waals surface area contributed by atoms with E-state index in [1.807, 2.05) is 6.07 Å². The number of halogens is 1. The zero-order valence-electron chi connectivity index (χ0n) is 17.5. The van der Waals surface area contributed by atoms with Gasteiger partial charge in [-0.25, -0.2) is 0 Å². The predicted molar refractivity (Wildman–Crippen MR) is 120 cm³/mol. The van der Waals surface area contributed by atoms with E-state index in [4.69, 9.17) is 16.6 Å². The largest absolute Gasteiger partial charge is 0.508 e. The van der Waals surface area contributed by atoms with E-state index in [0.717, 1.165) is 50.2 Å². The lowest BCUT2D eigenvalue weighted by molar-refractivity contribution is 0.129. The average molecular weight is 412 g/mol. The van der Waals surface area contributed by atoms with Crippen molar-refractivity contribution in [3.05, 3.63) is 63.7 Å². The fourth-order valence-electron chi connectivity index (χ4n) is 4.50. The first-order valence-corrected chi connectivity index (χ1v) is 10.9. The maximum Gasteiger partial charge on any atom is 0.120 e. The maximum atomic E-state index is 10.5. The number of aryl methyl sites for hydroxylation is 2. The van der Waals surface area contributed by atoms with Gasteiger partial charge in [0.25, 0.3) is 0 Å². The third-order valence-corrected chi connectivity index (χ3v) is 6.76. The molecule has 2 N–H and O–H groups in total. The molecule has 0 amide bonds. The van der Waals surface area contributed by atoms with Crippen LogP contribution in [-0.4, -0.2) is 41.0 Å². The van der Waals surface area contributed by atoms with Crippen LogP contribution in [0.5, 0.6) is 5.75 Å². The molecule has 29 heavy (non-hydrogen) atoms. The van der Waals surface area contributed by atoms with E-state index in [9.17, 15) is 5.11 Å². The number of rotatable bonds is 3. The van der Waals surface area contributed by atoms with Gasteiger partial charge in [0.15, 0.2) is 0 Å². The summed E-state index contributed by atoms with van der Waals surface area (Å²) in [4.78, 5) is 7.75. The van der Waals surface area contributed by atoms with Crippen molar-refractivity contribution in [2.45, 2.75) is 51.7 Å². The predicted octanol–water partition coefficient (Wildman–Crippen LogP) is 5.00. The Labute approximate surface area is 178 Å². The summed E-state index contributed by atoms with van der Waals surface area (Å²) in [6.07, 6.45) is 2.66. The smallest absolute Gasteiger partial charge is 0.120 e. The summed E-state index contributed by atoms with van der Waals surface area (Å²) < 4.78 is 0. The molecule has 1 atom stereocenters. The van der Waals surface area contributed by atoms with Crippen LogP contribution in [0.2, 0.25) is 5.02 Å². The van der Waals surface area contributed by atoms with Crippen LogP contribution < -0.4 is 5.32 Å². The second-order valence-corrected chi connectivity index (χ2v) is 8.86. The fourth-order valence-corrected chi connectivity index (χ4v) is 4.68. The van der Waals surface area contributed by atoms with Crippen molar-refractivity contribution >= 4 is 17.3 Å². The summed E-state index contributed by atoms with van der Waals surface area (Å²) >= 11 is 6.27. The molecule has 0 bridgehead atoms. The van der Waals surface area contributed by atoms with Crippen LogP contribution in [0, 0.1) is 13.8 Å². The number of nitrogens with zero attached hydrogens (tertiary/aromatic N) is 2. The van der Waals surface area contributed by atoms with Gasteiger partial charge in [-0.15, -0.1) is 0 Å². The maximum absolute atomic E-state index is 10.5. The minimum Gasteiger partial charge on any atom is -0.508 e. The lowest BCUT2D eigenvalue weighted by atomic mass is 9.87. The zero-order valence-corrected chi connectivity index (χ0v) is 18.3. The van der Waals surface area contributed by atoms with Gasteiger partial charge in [-0.1, -0.05) is 30.7 Å². The molecular weight excluding hydrogens is 382 g/mol. The summed E-state index contributed by atoms with van der Waals surface area (Å²) in [5.74, 6) is 0.286. The quantitative estimate of drug-likeness (QED) is 0.747. The van der Waals surface area contributed by atoms with Crippen molar-refractivity contribution in [2.24, 2.45) is 4.99 Å². The minimum atomic E-state index is -0.294. The highest BCUT2D eigenvalue weighted by Crippen LogP contribution is 2.38. The number of piperidine rings is 1. The molecule has 0 unspecified atom stereocenters. The Morgan fingerprint density at radius 1 is 1.14 bits per heavy atom. The third kappa shape index (κ3) is 4.20. The summed E-state index contributed by atoms with van der Waals surface area (Å²) in [6.45, 7) is 9.63. The first-order chi connectivity index (χ1) is 13.9. The normalized spacial score (nSPS) is 21.9. The van der Waals surface area contributed by atoms with Crippen molar-refractivity contribution in [1.29, 1.82) is 0 Å². The highest BCUT2D eigenvalue weighted by Gasteiger charge is 2.40. The number of aromatic hydroxyl groups is 1. The van der Waals surface area contributed by atoms with Crippen LogP contribution in [0.15, 0.2) is 41.4 Å². The van der Waals surface area contributed by atoms with Gasteiger partial charge in [0, 0.05) is 41.8 Å². The topological polar surface area (TPSA) is 47.9 Å². The van der Waals surface area contributed by atoms with E-state index in [1.165, 1.54) is 16.7 Å². The van der Waals surface area contributed by atoms with Crippen LogP contribution >= 0.6 is 11.6 Å². The summed E-state index contributed by atoms with van der Waals surface area (Å²) in [5, 5.41) is 15.0. The molecule has 2 aromatic rings. The minimum absolute atomic E-state index is 0.0176. The number of phenols is 1. The zero-order chi connectivity index (χ0) is 20.6. The molecule has 154 valence electrons. The lowest BCUT2D eigenvalue weighted by Gasteiger charge is -2.45. The number of nitrogens with one attached hydrogen (secondary N) is 1. The van der Waals surface area contributed by atoms with Crippen LogP contribution in [0.1, 0.15) is 54.5 Å². The molecule has 1 fully saturated rings. The Morgan fingerprint density at radius 3 is 2.59 bits per heavy atom. The third-order valence-electron chi connectivity index (χ3n) is 6.52. The highest BCUT2D eigenvalue weighted by molar-refractivity contribution is 6.30. The number of hydrogen-bond donors (Lipinski definition) is 2. The molecule has 0 radical (unpaired) electrons. The van der Waals surface area contributed by atoms with Crippen LogP contribution in [0.3, 0.4) is 0 Å². The summed E-state index contributed by atoms with van der Waals surface area (Å²) in [6, 6.07) is 11.9. The number of phenolic OH excluding ortho intramolecular Hbond substituents is 1. The molecule has 1 spiro atoms. The van der Waals surface area contributed by atoms with Gasteiger partial charge in [-0.05, 0) is 74.2 Å². The fraction of sp³-hybridized carbons (Fsp3) is 0.458. The molecule has 4 rings (SSSR count).